The SMILES string of the molecule is CC(C)N(C(C)C)P(OCCC#N)O[C@@H]1C(O[Si](C)(C)C(C)(C)C)[C@H](n2cnc3c(NC(=O)c4ccccc4)ncnc32)O[C@@H]1COC(c1ccccc1)(c1ccccc1)c1ccccc1. The molecule has 1 N–H and O–H groups in total. The number of hydrogen-bond donors (Lipinski definition) is 1. The lowest BCUT2D eigenvalue weighted by molar-refractivity contribution is -0.0926. The highest BCUT2D eigenvalue weighted by atomic mass is 31.2. The van der Waals surface area contributed by atoms with Crippen molar-refractivity contribution in [2.45, 2.75) is 115 Å². The van der Waals surface area contributed by atoms with Gasteiger partial charge in [-0.05, 0) is 74.7 Å². The second-order valence-electron chi connectivity index (χ2n) is 18.5. The van der Waals surface area contributed by atoms with Crippen LogP contribution in [0.25, 0.3) is 11.2 Å². The molecule has 1 aliphatic heterocycles. The van der Waals surface area contributed by atoms with Crippen molar-refractivity contribution >= 4 is 39.7 Å². The molecule has 346 valence electrons. The molecule has 0 bridgehead atoms. The Morgan fingerprint density at radius 2 is 1.38 bits per heavy atom. The van der Waals surface area contributed by atoms with Crippen molar-refractivity contribution in [3.8, 4) is 6.07 Å². The molecule has 7 rings (SSSR count). The highest BCUT2D eigenvalue weighted by Gasteiger charge is 2.54. The zero-order chi connectivity index (χ0) is 47.1. The fraction of sp³-hybridized carbons (Fsp3) is 0.392. The van der Waals surface area contributed by atoms with E-state index in [2.05, 4.69) is 119 Å². The fourth-order valence-corrected chi connectivity index (χ4v) is 11.2. The van der Waals surface area contributed by atoms with Crippen LogP contribution in [0, 0.1) is 11.3 Å². The van der Waals surface area contributed by atoms with Crippen LogP contribution in [0.15, 0.2) is 134 Å². The summed E-state index contributed by atoms with van der Waals surface area (Å²) in [4.78, 5) is 27.4. The number of nitrogens with zero attached hydrogens (tertiary/aromatic N) is 6. The molecule has 3 heterocycles. The van der Waals surface area contributed by atoms with E-state index in [9.17, 15) is 10.1 Å². The molecule has 13 nitrogen and oxygen atoms in total. The number of nitrogens with one attached hydrogen (secondary N) is 1. The van der Waals surface area contributed by atoms with E-state index in [-0.39, 0.29) is 48.5 Å². The molecule has 0 saturated carbocycles. The van der Waals surface area contributed by atoms with Gasteiger partial charge in [0.05, 0.1) is 32.0 Å². The first-order valence-electron chi connectivity index (χ1n) is 22.6. The summed E-state index contributed by atoms with van der Waals surface area (Å²) in [6.07, 6.45) is 0.180. The monoisotopic (exact) mass is 927 g/mol. The molecular formula is C51H62N7O6PSi. The van der Waals surface area contributed by atoms with Gasteiger partial charge in [-0.3, -0.25) is 9.36 Å². The van der Waals surface area contributed by atoms with Gasteiger partial charge in [-0.2, -0.15) is 5.26 Å². The summed E-state index contributed by atoms with van der Waals surface area (Å²) in [5.41, 5.74) is 3.07. The van der Waals surface area contributed by atoms with Gasteiger partial charge in [-0.15, -0.1) is 0 Å². The molecule has 1 amide bonds. The number of rotatable bonds is 19. The second-order valence-corrected chi connectivity index (χ2v) is 24.6. The maximum Gasteiger partial charge on any atom is 0.259 e. The van der Waals surface area contributed by atoms with Gasteiger partial charge in [0.1, 0.15) is 30.2 Å². The van der Waals surface area contributed by atoms with Crippen LogP contribution in [0.5, 0.6) is 0 Å². The number of anilines is 1. The highest BCUT2D eigenvalue weighted by molar-refractivity contribution is 7.44. The summed E-state index contributed by atoms with van der Waals surface area (Å²) in [7, 11) is -4.40. The summed E-state index contributed by atoms with van der Waals surface area (Å²) in [6.45, 7) is 19.7. The lowest BCUT2D eigenvalue weighted by Crippen LogP contribution is -2.50. The molecule has 2 unspecified atom stereocenters. The molecule has 0 spiro atoms. The zero-order valence-corrected chi connectivity index (χ0v) is 41.3. The van der Waals surface area contributed by atoms with Crippen molar-refractivity contribution in [3.05, 3.63) is 156 Å². The maximum absolute atomic E-state index is 13.4. The Morgan fingerprint density at radius 3 is 1.89 bits per heavy atom. The van der Waals surface area contributed by atoms with E-state index in [4.69, 9.17) is 32.9 Å². The molecule has 5 atom stereocenters. The van der Waals surface area contributed by atoms with Crippen LogP contribution in [0.1, 0.15) is 88.2 Å². The predicted molar refractivity (Wildman–Crippen MR) is 261 cm³/mol. The third-order valence-electron chi connectivity index (χ3n) is 12.3. The van der Waals surface area contributed by atoms with E-state index in [1.54, 1.807) is 18.5 Å². The van der Waals surface area contributed by atoms with Crippen LogP contribution < -0.4 is 5.32 Å². The third kappa shape index (κ3) is 10.5. The van der Waals surface area contributed by atoms with Crippen molar-refractivity contribution in [2.24, 2.45) is 0 Å². The van der Waals surface area contributed by atoms with Crippen molar-refractivity contribution in [1.82, 2.24) is 24.2 Å². The predicted octanol–water partition coefficient (Wildman–Crippen LogP) is 11.0. The first-order valence-corrected chi connectivity index (χ1v) is 26.6. The number of amides is 1. The first-order chi connectivity index (χ1) is 31.7. The van der Waals surface area contributed by atoms with Gasteiger partial charge < -0.3 is 28.3 Å². The molecule has 0 radical (unpaired) electrons. The minimum absolute atomic E-state index is 0.0338. The number of carbonyl (C=O) groups excluding carboxylic acids is 1. The Hall–Kier alpha value is -5.20. The van der Waals surface area contributed by atoms with Crippen LogP contribution in [0.4, 0.5) is 5.82 Å². The average Bonchev–Trinajstić information content (AvgIpc) is 3.88. The minimum Gasteiger partial charge on any atom is -0.407 e. The van der Waals surface area contributed by atoms with E-state index < -0.39 is 47.0 Å². The van der Waals surface area contributed by atoms with Gasteiger partial charge in [-0.1, -0.05) is 130 Å². The van der Waals surface area contributed by atoms with Gasteiger partial charge in [0, 0.05) is 17.6 Å². The van der Waals surface area contributed by atoms with Crippen LogP contribution in [-0.2, 0) is 28.5 Å². The summed E-state index contributed by atoms with van der Waals surface area (Å²) in [6, 6.07) is 42.0. The van der Waals surface area contributed by atoms with E-state index in [1.165, 1.54) is 6.33 Å². The Labute approximate surface area is 391 Å². The lowest BCUT2D eigenvalue weighted by Gasteiger charge is -2.42. The molecular weight excluding hydrogens is 866 g/mol. The summed E-state index contributed by atoms with van der Waals surface area (Å²) >= 11 is 0. The third-order valence-corrected chi connectivity index (χ3v) is 18.9. The van der Waals surface area contributed by atoms with Crippen molar-refractivity contribution in [1.29, 1.82) is 5.26 Å². The maximum atomic E-state index is 13.4. The van der Waals surface area contributed by atoms with Crippen LogP contribution in [-0.4, -0.2) is 82.0 Å². The Kier molecular flexibility index (Phi) is 15.6. The van der Waals surface area contributed by atoms with Crippen LogP contribution >= 0.6 is 8.53 Å². The van der Waals surface area contributed by atoms with Gasteiger partial charge in [0.2, 0.25) is 0 Å². The van der Waals surface area contributed by atoms with Crippen LogP contribution in [0.3, 0.4) is 0 Å². The van der Waals surface area contributed by atoms with Gasteiger partial charge in [0.15, 0.2) is 31.5 Å². The normalized spacial score (nSPS) is 18.5. The molecule has 1 aliphatic rings. The second kappa shape index (κ2) is 21.2. The number of fused-ring (bicyclic) bond motifs is 1. The van der Waals surface area contributed by atoms with E-state index in [1.807, 2.05) is 77.4 Å². The van der Waals surface area contributed by atoms with Crippen molar-refractivity contribution in [2.75, 3.05) is 18.5 Å². The van der Waals surface area contributed by atoms with Gasteiger partial charge in [-0.25, -0.2) is 19.6 Å². The topological polar surface area (TPSA) is 146 Å². The van der Waals surface area contributed by atoms with Crippen molar-refractivity contribution < 1.29 is 27.7 Å². The molecule has 15 heteroatoms. The van der Waals surface area contributed by atoms with E-state index in [0.29, 0.717) is 16.7 Å². The first kappa shape index (κ1) is 48.7. The number of nitriles is 1. The number of hydrogen-bond acceptors (Lipinski definition) is 11. The molecule has 1 saturated heterocycles. The van der Waals surface area contributed by atoms with E-state index in [0.717, 1.165) is 16.7 Å². The zero-order valence-electron chi connectivity index (χ0n) is 39.4. The molecule has 6 aromatic rings. The molecule has 66 heavy (non-hydrogen) atoms. The quantitative estimate of drug-likeness (QED) is 0.0358. The number of ether oxygens (including phenoxy) is 2. The van der Waals surface area contributed by atoms with Gasteiger partial charge in [0.25, 0.3) is 14.4 Å². The number of aromatic nitrogens is 4. The summed E-state index contributed by atoms with van der Waals surface area (Å²) < 4.78 is 40.4. The standard InChI is InChI=1S/C51H62N7O6PSi/c1-36(2)58(37(3)4)65(61-32-22-31-52)63-44-42(33-60-51(39-25-16-11-17-26-39,40-27-18-12-19-28-40)41-29-20-13-21-30-41)62-49(45(44)64-66(8,9)50(5,6)7)57-35-55-43-46(53-34-54-47(43)57)56-48(59)38-23-14-10-15-24-38/h10-21,23-30,34-37,42,44-45,49H,22,32-33H2,1-9H3,(H,53,54,56,59)/t42-,44+,45?,49-,65?/m1/s1. The summed E-state index contributed by atoms with van der Waals surface area (Å²) in [5, 5.41) is 12.4. The fourth-order valence-electron chi connectivity index (χ4n) is 8.11. The molecule has 1 fully saturated rings. The Bertz CT molecular complexity index is 2430. The van der Waals surface area contributed by atoms with Crippen molar-refractivity contribution in [3.63, 3.8) is 0 Å². The largest absolute Gasteiger partial charge is 0.407 e. The average molecular weight is 928 g/mol. The molecule has 0 aliphatic carbocycles. The van der Waals surface area contributed by atoms with Gasteiger partial charge >= 0.3 is 0 Å². The number of carbonyl (C=O) groups is 1. The Morgan fingerprint density at radius 1 is 0.833 bits per heavy atom. The highest BCUT2D eigenvalue weighted by Crippen LogP contribution is 2.53. The smallest absolute Gasteiger partial charge is 0.259 e. The van der Waals surface area contributed by atoms with E-state index >= 15 is 0 Å². The molecule has 4 aromatic carbocycles. The number of imidazole rings is 1. The lowest BCUT2D eigenvalue weighted by atomic mass is 9.80. The number of benzene rings is 4. The minimum atomic E-state index is -2.62. The van der Waals surface area contributed by atoms with Crippen LogP contribution in [0.2, 0.25) is 18.1 Å². The molecule has 2 aromatic heterocycles. The Balaban J connectivity index is 1.39. The summed E-state index contributed by atoms with van der Waals surface area (Å²) in [5.74, 6) is -0.0622.